The Bertz CT molecular complexity index is 845. The summed E-state index contributed by atoms with van der Waals surface area (Å²) in [7, 11) is 0. The van der Waals surface area contributed by atoms with Crippen molar-refractivity contribution in [3.05, 3.63) is 58.3 Å². The third-order valence-electron chi connectivity index (χ3n) is 3.57. The maximum Gasteiger partial charge on any atom is 0.222 e. The Morgan fingerprint density at radius 1 is 1.21 bits per heavy atom. The van der Waals surface area contributed by atoms with E-state index < -0.39 is 0 Å². The van der Waals surface area contributed by atoms with E-state index in [9.17, 15) is 4.79 Å². The number of carbonyl (C=O) groups is 1. The average molecular weight is 338 g/mol. The van der Waals surface area contributed by atoms with Gasteiger partial charge in [0.15, 0.2) is 5.78 Å². The predicted octanol–water partition coefficient (Wildman–Crippen LogP) is 3.64. The summed E-state index contributed by atoms with van der Waals surface area (Å²) < 4.78 is 0. The molecule has 0 fully saturated rings. The topological polar surface area (TPSA) is 80.9 Å². The molecule has 0 radical (unpaired) electrons. The van der Waals surface area contributed by atoms with Crippen molar-refractivity contribution in [3.8, 4) is 11.3 Å². The average Bonchev–Trinajstić information content (AvgIpc) is 3.05. The molecule has 0 saturated carbocycles. The Kier molecular flexibility index (Phi) is 4.86. The summed E-state index contributed by atoms with van der Waals surface area (Å²) in [5.41, 5.74) is 8.55. The molecule has 0 aliphatic rings. The first-order valence-electron chi connectivity index (χ1n) is 7.64. The van der Waals surface area contributed by atoms with Crippen LogP contribution in [0.4, 0.5) is 11.8 Å². The molecule has 0 atom stereocenters. The van der Waals surface area contributed by atoms with Crippen LogP contribution in [-0.2, 0) is 6.42 Å². The van der Waals surface area contributed by atoms with E-state index in [2.05, 4.69) is 27.4 Å². The summed E-state index contributed by atoms with van der Waals surface area (Å²) in [5, 5.41) is 5.15. The highest BCUT2D eigenvalue weighted by atomic mass is 32.1. The number of rotatable bonds is 6. The van der Waals surface area contributed by atoms with Gasteiger partial charge in [-0.15, -0.1) is 11.3 Å². The van der Waals surface area contributed by atoms with Gasteiger partial charge in [0.2, 0.25) is 5.95 Å². The number of aromatic nitrogens is 2. The number of nitrogens with two attached hydrogens (primary N) is 1. The number of hydrogen-bond acceptors (Lipinski definition) is 6. The van der Waals surface area contributed by atoms with Gasteiger partial charge < -0.3 is 11.1 Å². The first kappa shape index (κ1) is 16.1. The summed E-state index contributed by atoms with van der Waals surface area (Å²) >= 11 is 1.41. The van der Waals surface area contributed by atoms with Gasteiger partial charge in [0.1, 0.15) is 5.82 Å². The summed E-state index contributed by atoms with van der Waals surface area (Å²) in [6.07, 6.45) is 0.886. The van der Waals surface area contributed by atoms with Crippen LogP contribution in [0.1, 0.15) is 22.2 Å². The molecule has 2 heterocycles. The fourth-order valence-corrected chi connectivity index (χ4v) is 3.26. The first-order chi connectivity index (χ1) is 11.6. The molecule has 122 valence electrons. The van der Waals surface area contributed by atoms with Crippen molar-refractivity contribution in [1.29, 1.82) is 0 Å². The fraction of sp³-hybridized carbons (Fsp3) is 0.167. The van der Waals surface area contributed by atoms with E-state index in [1.54, 1.807) is 6.92 Å². The van der Waals surface area contributed by atoms with Crippen LogP contribution < -0.4 is 11.1 Å². The van der Waals surface area contributed by atoms with E-state index in [0.29, 0.717) is 16.4 Å². The smallest absolute Gasteiger partial charge is 0.222 e. The molecule has 0 aliphatic heterocycles. The second-order valence-corrected chi connectivity index (χ2v) is 6.29. The maximum absolute atomic E-state index is 11.7. The quantitative estimate of drug-likeness (QED) is 0.671. The van der Waals surface area contributed by atoms with Gasteiger partial charge >= 0.3 is 0 Å². The number of hydrogen-bond donors (Lipinski definition) is 2. The second kappa shape index (κ2) is 7.23. The van der Waals surface area contributed by atoms with Gasteiger partial charge in [0, 0.05) is 18.2 Å². The number of nitrogens with zero attached hydrogens (tertiary/aromatic N) is 2. The van der Waals surface area contributed by atoms with Crippen molar-refractivity contribution in [3.63, 3.8) is 0 Å². The highest BCUT2D eigenvalue weighted by Crippen LogP contribution is 2.29. The number of anilines is 2. The van der Waals surface area contributed by atoms with Crippen LogP contribution in [0.3, 0.4) is 0 Å². The van der Waals surface area contributed by atoms with E-state index in [-0.39, 0.29) is 11.7 Å². The monoisotopic (exact) mass is 338 g/mol. The molecule has 3 rings (SSSR count). The third kappa shape index (κ3) is 3.78. The van der Waals surface area contributed by atoms with Gasteiger partial charge in [-0.25, -0.2) is 4.98 Å². The van der Waals surface area contributed by atoms with Crippen molar-refractivity contribution >= 4 is 28.9 Å². The summed E-state index contributed by atoms with van der Waals surface area (Å²) in [5.74, 6) is 0.875. The molecule has 0 bridgehead atoms. The molecule has 6 heteroatoms. The largest absolute Gasteiger partial charge is 0.370 e. The van der Waals surface area contributed by atoms with E-state index in [1.807, 2.05) is 35.7 Å². The van der Waals surface area contributed by atoms with Gasteiger partial charge in [0.25, 0.3) is 0 Å². The predicted molar refractivity (Wildman–Crippen MR) is 98.4 cm³/mol. The third-order valence-corrected chi connectivity index (χ3v) is 4.58. The van der Waals surface area contributed by atoms with Crippen molar-refractivity contribution in [1.82, 2.24) is 9.97 Å². The molecule has 2 aromatic heterocycles. The lowest BCUT2D eigenvalue weighted by molar-refractivity contribution is 0.102. The first-order valence-corrected chi connectivity index (χ1v) is 8.52. The minimum atomic E-state index is 0.0239. The highest BCUT2D eigenvalue weighted by molar-refractivity contribution is 7.12. The molecule has 0 amide bonds. The summed E-state index contributed by atoms with van der Waals surface area (Å²) in [6.45, 7) is 2.29. The van der Waals surface area contributed by atoms with E-state index in [1.165, 1.54) is 16.9 Å². The van der Waals surface area contributed by atoms with Crippen LogP contribution >= 0.6 is 11.3 Å². The van der Waals surface area contributed by atoms with E-state index in [0.717, 1.165) is 18.5 Å². The van der Waals surface area contributed by atoms with Crippen molar-refractivity contribution in [2.75, 3.05) is 17.6 Å². The molecule has 0 spiro atoms. The normalized spacial score (nSPS) is 10.5. The number of thiophene rings is 1. The van der Waals surface area contributed by atoms with Crippen molar-refractivity contribution in [2.45, 2.75) is 13.3 Å². The minimum Gasteiger partial charge on any atom is -0.370 e. The van der Waals surface area contributed by atoms with Crippen LogP contribution in [0.2, 0.25) is 0 Å². The molecular formula is C18H18N4OS. The van der Waals surface area contributed by atoms with Crippen LogP contribution in [0, 0.1) is 0 Å². The number of nitrogen functional groups attached to an aromatic ring is 1. The molecule has 0 saturated heterocycles. The Balaban J connectivity index is 1.76. The van der Waals surface area contributed by atoms with E-state index >= 15 is 0 Å². The molecule has 0 aliphatic carbocycles. The van der Waals surface area contributed by atoms with E-state index in [4.69, 9.17) is 5.73 Å². The van der Waals surface area contributed by atoms with Gasteiger partial charge in [-0.3, -0.25) is 4.79 Å². The number of ketones is 1. The van der Waals surface area contributed by atoms with Gasteiger partial charge in [-0.05, 0) is 30.4 Å². The molecule has 5 nitrogen and oxygen atoms in total. The molecule has 3 N–H and O–H groups in total. The Morgan fingerprint density at radius 3 is 2.75 bits per heavy atom. The SMILES string of the molecule is CC(=O)c1sccc1-c1cc(NCCc2ccccc2)nc(N)n1. The lowest BCUT2D eigenvalue weighted by Crippen LogP contribution is -2.08. The highest BCUT2D eigenvalue weighted by Gasteiger charge is 2.13. The molecular weight excluding hydrogens is 320 g/mol. The number of benzene rings is 1. The number of carbonyl (C=O) groups excluding carboxylic acids is 1. The Labute approximate surface area is 144 Å². The maximum atomic E-state index is 11.7. The van der Waals surface area contributed by atoms with Crippen molar-refractivity contribution in [2.24, 2.45) is 0 Å². The summed E-state index contributed by atoms with van der Waals surface area (Å²) in [4.78, 5) is 20.9. The van der Waals surface area contributed by atoms with Crippen LogP contribution in [-0.4, -0.2) is 22.3 Å². The number of Topliss-reactive ketones (excluding diaryl/α,β-unsaturated/α-hetero) is 1. The Morgan fingerprint density at radius 2 is 2.00 bits per heavy atom. The van der Waals surface area contributed by atoms with Crippen LogP contribution in [0.15, 0.2) is 47.8 Å². The zero-order valence-corrected chi connectivity index (χ0v) is 14.1. The second-order valence-electron chi connectivity index (χ2n) is 5.38. The number of nitrogens with one attached hydrogen (secondary N) is 1. The van der Waals surface area contributed by atoms with Crippen molar-refractivity contribution < 1.29 is 4.79 Å². The lowest BCUT2D eigenvalue weighted by atomic mass is 10.1. The van der Waals surface area contributed by atoms with Gasteiger partial charge in [-0.1, -0.05) is 30.3 Å². The molecule has 3 aromatic rings. The minimum absolute atomic E-state index is 0.0239. The van der Waals surface area contributed by atoms with Gasteiger partial charge in [0.05, 0.1) is 10.6 Å². The van der Waals surface area contributed by atoms with Crippen LogP contribution in [0.5, 0.6) is 0 Å². The Hall–Kier alpha value is -2.73. The molecule has 1 aromatic carbocycles. The zero-order valence-electron chi connectivity index (χ0n) is 13.3. The molecule has 0 unspecified atom stereocenters. The fourth-order valence-electron chi connectivity index (χ4n) is 2.46. The van der Waals surface area contributed by atoms with Gasteiger partial charge in [-0.2, -0.15) is 4.98 Å². The zero-order chi connectivity index (χ0) is 16.9. The summed E-state index contributed by atoms with van der Waals surface area (Å²) in [6, 6.07) is 13.9. The molecule has 24 heavy (non-hydrogen) atoms. The standard InChI is InChI=1S/C18H18N4OS/c1-12(23)17-14(8-10-24-17)15-11-16(22-18(19)21-15)20-9-7-13-5-3-2-4-6-13/h2-6,8,10-11H,7,9H2,1H3,(H3,19,20,21,22). The lowest BCUT2D eigenvalue weighted by Gasteiger charge is -2.09. The van der Waals surface area contributed by atoms with Crippen LogP contribution in [0.25, 0.3) is 11.3 Å².